The molecule has 0 spiro atoms. The predicted octanol–water partition coefficient (Wildman–Crippen LogP) is 3.67. The molecule has 2 N–H and O–H groups in total. The Kier molecular flexibility index (Phi) is 6.65. The molecule has 0 saturated heterocycles. The van der Waals surface area contributed by atoms with Crippen molar-refractivity contribution in [2.24, 2.45) is 10.2 Å². The Hall–Kier alpha value is -2.73. The standard InChI is InChI=1S/C19H24N4O2/c1-14(24)12-13-20-19(25)17-6-4-5-7-18(17)22-21-15-8-10-16(11-9-15)23(2)3/h4-11,14,24H,12-13H2,1-3H3,(H,20,25). The van der Waals surface area contributed by atoms with E-state index in [1.807, 2.05) is 49.3 Å². The predicted molar refractivity (Wildman–Crippen MR) is 100 cm³/mol. The number of nitrogens with one attached hydrogen (secondary N) is 1. The van der Waals surface area contributed by atoms with Crippen molar-refractivity contribution in [3.8, 4) is 0 Å². The number of amides is 1. The van der Waals surface area contributed by atoms with Gasteiger partial charge in [-0.1, -0.05) is 12.1 Å². The summed E-state index contributed by atoms with van der Waals surface area (Å²) in [5.41, 5.74) is 2.77. The van der Waals surface area contributed by atoms with E-state index in [2.05, 4.69) is 15.5 Å². The van der Waals surface area contributed by atoms with E-state index in [4.69, 9.17) is 0 Å². The van der Waals surface area contributed by atoms with E-state index < -0.39 is 6.10 Å². The number of carbonyl (C=O) groups is 1. The Morgan fingerprint density at radius 3 is 2.44 bits per heavy atom. The first kappa shape index (κ1) is 18.6. The van der Waals surface area contributed by atoms with E-state index in [1.165, 1.54) is 0 Å². The minimum atomic E-state index is -0.444. The largest absolute Gasteiger partial charge is 0.393 e. The quantitative estimate of drug-likeness (QED) is 0.755. The van der Waals surface area contributed by atoms with Gasteiger partial charge in [-0.15, -0.1) is 5.11 Å². The summed E-state index contributed by atoms with van der Waals surface area (Å²) in [5, 5.41) is 20.5. The molecule has 2 aromatic rings. The first-order chi connectivity index (χ1) is 12.0. The third-order valence-corrected chi connectivity index (χ3v) is 3.64. The van der Waals surface area contributed by atoms with Gasteiger partial charge in [0.1, 0.15) is 0 Å². The first-order valence-electron chi connectivity index (χ1n) is 8.22. The van der Waals surface area contributed by atoms with Gasteiger partial charge in [-0.2, -0.15) is 5.11 Å². The number of hydrogen-bond acceptors (Lipinski definition) is 5. The molecular formula is C19H24N4O2. The van der Waals surface area contributed by atoms with Gasteiger partial charge in [-0.05, 0) is 49.7 Å². The Bertz CT molecular complexity index is 724. The second kappa shape index (κ2) is 8.94. The lowest BCUT2D eigenvalue weighted by Gasteiger charge is -2.11. The molecule has 0 saturated carbocycles. The smallest absolute Gasteiger partial charge is 0.253 e. The molecule has 1 unspecified atom stereocenters. The molecule has 6 heteroatoms. The summed E-state index contributed by atoms with van der Waals surface area (Å²) in [6.07, 6.45) is 0.0635. The molecule has 25 heavy (non-hydrogen) atoms. The third-order valence-electron chi connectivity index (χ3n) is 3.64. The molecule has 0 fully saturated rings. The van der Waals surface area contributed by atoms with Crippen molar-refractivity contribution in [3.63, 3.8) is 0 Å². The van der Waals surface area contributed by atoms with Crippen LogP contribution in [0.15, 0.2) is 58.8 Å². The van der Waals surface area contributed by atoms with E-state index in [9.17, 15) is 9.90 Å². The number of aliphatic hydroxyl groups excluding tert-OH is 1. The maximum absolute atomic E-state index is 12.3. The zero-order valence-electron chi connectivity index (χ0n) is 14.8. The van der Waals surface area contributed by atoms with Crippen LogP contribution in [0.4, 0.5) is 17.1 Å². The SMILES string of the molecule is CC(O)CCNC(=O)c1ccccc1N=Nc1ccc(N(C)C)cc1. The Morgan fingerprint density at radius 1 is 1.12 bits per heavy atom. The monoisotopic (exact) mass is 340 g/mol. The average molecular weight is 340 g/mol. The van der Waals surface area contributed by atoms with E-state index in [-0.39, 0.29) is 5.91 Å². The topological polar surface area (TPSA) is 77.3 Å². The highest BCUT2D eigenvalue weighted by Crippen LogP contribution is 2.23. The van der Waals surface area contributed by atoms with Gasteiger partial charge in [-0.3, -0.25) is 4.79 Å². The number of benzene rings is 2. The van der Waals surface area contributed by atoms with Crippen LogP contribution in [-0.4, -0.2) is 37.8 Å². The highest BCUT2D eigenvalue weighted by molar-refractivity contribution is 5.98. The van der Waals surface area contributed by atoms with Crippen LogP contribution in [0.1, 0.15) is 23.7 Å². The number of aliphatic hydroxyl groups is 1. The van der Waals surface area contributed by atoms with Crippen LogP contribution < -0.4 is 10.2 Å². The maximum Gasteiger partial charge on any atom is 0.253 e. The number of hydrogen-bond donors (Lipinski definition) is 2. The fourth-order valence-electron chi connectivity index (χ4n) is 2.17. The Labute approximate surface area is 148 Å². The van der Waals surface area contributed by atoms with Gasteiger partial charge in [-0.25, -0.2) is 0 Å². The van der Waals surface area contributed by atoms with Crippen LogP contribution in [0.3, 0.4) is 0 Å². The minimum Gasteiger partial charge on any atom is -0.393 e. The fourth-order valence-corrected chi connectivity index (χ4v) is 2.17. The van der Waals surface area contributed by atoms with E-state index >= 15 is 0 Å². The molecule has 2 aromatic carbocycles. The summed E-state index contributed by atoms with van der Waals surface area (Å²) in [4.78, 5) is 14.3. The number of anilines is 1. The summed E-state index contributed by atoms with van der Waals surface area (Å²) < 4.78 is 0. The zero-order valence-corrected chi connectivity index (χ0v) is 14.8. The first-order valence-corrected chi connectivity index (χ1v) is 8.22. The molecule has 0 heterocycles. The van der Waals surface area contributed by atoms with Crippen molar-refractivity contribution in [1.82, 2.24) is 5.32 Å². The number of rotatable bonds is 7. The van der Waals surface area contributed by atoms with Crippen molar-refractivity contribution in [3.05, 3.63) is 54.1 Å². The number of nitrogens with zero attached hydrogens (tertiary/aromatic N) is 3. The molecular weight excluding hydrogens is 316 g/mol. The molecule has 132 valence electrons. The van der Waals surface area contributed by atoms with Gasteiger partial charge < -0.3 is 15.3 Å². The molecule has 6 nitrogen and oxygen atoms in total. The van der Waals surface area contributed by atoms with Gasteiger partial charge in [0.2, 0.25) is 0 Å². The lowest BCUT2D eigenvalue weighted by Crippen LogP contribution is -2.26. The maximum atomic E-state index is 12.3. The average Bonchev–Trinajstić information content (AvgIpc) is 2.60. The second-order valence-electron chi connectivity index (χ2n) is 6.02. The van der Waals surface area contributed by atoms with Crippen LogP contribution in [0.5, 0.6) is 0 Å². The van der Waals surface area contributed by atoms with Crippen LogP contribution >= 0.6 is 0 Å². The van der Waals surface area contributed by atoms with E-state index in [1.54, 1.807) is 25.1 Å². The third kappa shape index (κ3) is 5.69. The minimum absolute atomic E-state index is 0.224. The van der Waals surface area contributed by atoms with Gasteiger partial charge in [0.15, 0.2) is 0 Å². The molecule has 0 aliphatic carbocycles. The zero-order chi connectivity index (χ0) is 18.2. The van der Waals surface area contributed by atoms with Crippen molar-refractivity contribution < 1.29 is 9.90 Å². The number of azo groups is 1. The van der Waals surface area contributed by atoms with Crippen LogP contribution in [0.2, 0.25) is 0 Å². The molecule has 1 amide bonds. The van der Waals surface area contributed by atoms with E-state index in [0.717, 1.165) is 11.4 Å². The summed E-state index contributed by atoms with van der Waals surface area (Å²) >= 11 is 0. The van der Waals surface area contributed by atoms with Crippen LogP contribution in [0, 0.1) is 0 Å². The van der Waals surface area contributed by atoms with Crippen molar-refractivity contribution in [2.45, 2.75) is 19.4 Å². The van der Waals surface area contributed by atoms with Gasteiger partial charge in [0.25, 0.3) is 5.91 Å². The van der Waals surface area contributed by atoms with Gasteiger partial charge >= 0.3 is 0 Å². The molecule has 0 bridgehead atoms. The van der Waals surface area contributed by atoms with E-state index in [0.29, 0.717) is 24.2 Å². The lowest BCUT2D eigenvalue weighted by molar-refractivity contribution is 0.0946. The van der Waals surface area contributed by atoms with Crippen molar-refractivity contribution in [1.29, 1.82) is 0 Å². The molecule has 2 rings (SSSR count). The molecule has 0 aliphatic heterocycles. The number of carbonyl (C=O) groups excluding carboxylic acids is 1. The molecule has 0 radical (unpaired) electrons. The molecule has 1 atom stereocenters. The highest BCUT2D eigenvalue weighted by Gasteiger charge is 2.10. The van der Waals surface area contributed by atoms with Gasteiger partial charge in [0, 0.05) is 26.3 Å². The second-order valence-corrected chi connectivity index (χ2v) is 6.02. The Balaban J connectivity index is 2.10. The normalized spacial score (nSPS) is 12.2. The molecule has 0 aliphatic rings. The van der Waals surface area contributed by atoms with Crippen LogP contribution in [-0.2, 0) is 0 Å². The van der Waals surface area contributed by atoms with Gasteiger partial charge in [0.05, 0.1) is 23.0 Å². The summed E-state index contributed by atoms with van der Waals surface area (Å²) in [6, 6.07) is 14.7. The lowest BCUT2D eigenvalue weighted by atomic mass is 10.1. The highest BCUT2D eigenvalue weighted by atomic mass is 16.3. The molecule has 0 aromatic heterocycles. The van der Waals surface area contributed by atoms with Crippen LogP contribution in [0.25, 0.3) is 0 Å². The summed E-state index contributed by atoms with van der Waals surface area (Å²) in [5.74, 6) is -0.224. The fraction of sp³-hybridized carbons (Fsp3) is 0.316. The summed E-state index contributed by atoms with van der Waals surface area (Å²) in [7, 11) is 3.95. The van der Waals surface area contributed by atoms with Crippen molar-refractivity contribution >= 4 is 23.0 Å². The van der Waals surface area contributed by atoms with Crippen molar-refractivity contribution in [2.75, 3.05) is 25.5 Å². The summed E-state index contributed by atoms with van der Waals surface area (Å²) in [6.45, 7) is 2.10. The Morgan fingerprint density at radius 2 is 1.80 bits per heavy atom.